The van der Waals surface area contributed by atoms with E-state index in [9.17, 15) is 0 Å². The van der Waals surface area contributed by atoms with E-state index in [0.29, 0.717) is 0 Å². The van der Waals surface area contributed by atoms with Crippen LogP contribution in [-0.2, 0) is 4.74 Å². The number of ether oxygens (including phenoxy) is 1. The Bertz CT molecular complexity index is 334. The molecule has 1 nitrogen and oxygen atoms in total. The fourth-order valence-electron chi connectivity index (χ4n) is 2.16. The molecule has 1 aromatic carbocycles. The molecule has 2 unspecified atom stereocenters. The molecular formula is C17H27IO. The van der Waals surface area contributed by atoms with Gasteiger partial charge in [0.15, 0.2) is 0 Å². The minimum Gasteiger partial charge on any atom is -0.372 e. The summed E-state index contributed by atoms with van der Waals surface area (Å²) in [7, 11) is 0. The number of alkyl halides is 1. The molecule has 0 saturated carbocycles. The maximum atomic E-state index is 6.16. The Labute approximate surface area is 132 Å². The van der Waals surface area contributed by atoms with E-state index >= 15 is 0 Å². The fourth-order valence-corrected chi connectivity index (χ4v) is 2.92. The van der Waals surface area contributed by atoms with Crippen LogP contribution >= 0.6 is 22.6 Å². The lowest BCUT2D eigenvalue weighted by molar-refractivity contribution is 0.0402. The summed E-state index contributed by atoms with van der Waals surface area (Å²) in [5.74, 6) is 0.718. The van der Waals surface area contributed by atoms with Crippen molar-refractivity contribution < 1.29 is 4.74 Å². The Kier molecular flexibility index (Phi) is 8.71. The van der Waals surface area contributed by atoms with Crippen molar-refractivity contribution in [1.29, 1.82) is 0 Å². The van der Waals surface area contributed by atoms with Gasteiger partial charge in [0.25, 0.3) is 0 Å². The van der Waals surface area contributed by atoms with Gasteiger partial charge in [-0.05, 0) is 24.8 Å². The van der Waals surface area contributed by atoms with Crippen LogP contribution in [-0.4, -0.2) is 11.0 Å². The van der Waals surface area contributed by atoms with Crippen LogP contribution < -0.4 is 0 Å². The standard InChI is InChI=1S/C17H27IO/c1-4-6-7-15(5-2)13-19-17(12-18)16-10-8-14(3)9-11-16/h8-11,15,17H,4-7,12-13H2,1-3H3. The molecule has 108 valence electrons. The van der Waals surface area contributed by atoms with Gasteiger partial charge < -0.3 is 4.74 Å². The first-order valence-electron chi connectivity index (χ1n) is 7.45. The Balaban J connectivity index is 2.49. The molecule has 0 spiro atoms. The number of benzene rings is 1. The van der Waals surface area contributed by atoms with Crippen molar-refractivity contribution in [2.75, 3.05) is 11.0 Å². The van der Waals surface area contributed by atoms with Crippen LogP contribution in [0.15, 0.2) is 24.3 Å². The largest absolute Gasteiger partial charge is 0.372 e. The van der Waals surface area contributed by atoms with Gasteiger partial charge in [-0.15, -0.1) is 0 Å². The first-order chi connectivity index (χ1) is 9.21. The van der Waals surface area contributed by atoms with Crippen LogP contribution in [0.5, 0.6) is 0 Å². The zero-order chi connectivity index (χ0) is 14.1. The second-order valence-corrected chi connectivity index (χ2v) is 6.18. The molecule has 2 atom stereocenters. The molecule has 2 heteroatoms. The third-order valence-corrected chi connectivity index (χ3v) is 4.47. The fraction of sp³-hybridized carbons (Fsp3) is 0.647. The number of rotatable bonds is 9. The third-order valence-electron chi connectivity index (χ3n) is 3.67. The normalized spacial score (nSPS) is 14.3. The lowest BCUT2D eigenvalue weighted by Crippen LogP contribution is -2.14. The van der Waals surface area contributed by atoms with Crippen molar-refractivity contribution >= 4 is 22.6 Å². The summed E-state index contributed by atoms with van der Waals surface area (Å²) < 4.78 is 7.18. The summed E-state index contributed by atoms with van der Waals surface area (Å²) in [6, 6.07) is 8.75. The molecule has 0 aromatic heterocycles. The van der Waals surface area contributed by atoms with E-state index in [1.807, 2.05) is 0 Å². The lowest BCUT2D eigenvalue weighted by Gasteiger charge is -2.20. The van der Waals surface area contributed by atoms with Crippen LogP contribution in [0.1, 0.15) is 56.8 Å². The van der Waals surface area contributed by atoms with Crippen LogP contribution in [0.2, 0.25) is 0 Å². The number of halogens is 1. The predicted octanol–water partition coefficient (Wildman–Crippen LogP) is 5.70. The molecule has 0 radical (unpaired) electrons. The zero-order valence-corrected chi connectivity index (χ0v) is 14.7. The number of aryl methyl sites for hydroxylation is 1. The van der Waals surface area contributed by atoms with Crippen molar-refractivity contribution in [3.8, 4) is 0 Å². The Morgan fingerprint density at radius 3 is 2.37 bits per heavy atom. The first-order valence-corrected chi connectivity index (χ1v) is 8.97. The molecule has 1 aromatic rings. The summed E-state index contributed by atoms with van der Waals surface area (Å²) in [6.07, 6.45) is 5.37. The van der Waals surface area contributed by atoms with E-state index in [-0.39, 0.29) is 6.10 Å². The van der Waals surface area contributed by atoms with E-state index in [4.69, 9.17) is 4.74 Å². The minimum absolute atomic E-state index is 0.247. The van der Waals surface area contributed by atoms with Gasteiger partial charge in [0, 0.05) is 4.43 Å². The highest BCUT2D eigenvalue weighted by molar-refractivity contribution is 14.1. The van der Waals surface area contributed by atoms with Gasteiger partial charge in [-0.3, -0.25) is 0 Å². The number of unbranched alkanes of at least 4 members (excludes halogenated alkanes) is 1. The highest BCUT2D eigenvalue weighted by Gasteiger charge is 2.13. The summed E-state index contributed by atoms with van der Waals surface area (Å²) in [4.78, 5) is 0. The number of hydrogen-bond acceptors (Lipinski definition) is 1. The van der Waals surface area contributed by atoms with Gasteiger partial charge in [-0.1, -0.05) is 85.5 Å². The monoisotopic (exact) mass is 374 g/mol. The van der Waals surface area contributed by atoms with Crippen LogP contribution in [0, 0.1) is 12.8 Å². The number of hydrogen-bond donors (Lipinski definition) is 0. The second kappa shape index (κ2) is 9.76. The van der Waals surface area contributed by atoms with Crippen LogP contribution in [0.25, 0.3) is 0 Å². The van der Waals surface area contributed by atoms with Crippen LogP contribution in [0.3, 0.4) is 0 Å². The van der Waals surface area contributed by atoms with Crippen molar-refractivity contribution in [1.82, 2.24) is 0 Å². The van der Waals surface area contributed by atoms with Gasteiger partial charge in [0.05, 0.1) is 12.7 Å². The smallest absolute Gasteiger partial charge is 0.0914 e. The molecule has 0 aliphatic carbocycles. The average Bonchev–Trinajstić information content (AvgIpc) is 2.44. The molecule has 0 N–H and O–H groups in total. The van der Waals surface area contributed by atoms with Gasteiger partial charge >= 0.3 is 0 Å². The van der Waals surface area contributed by atoms with Crippen molar-refractivity contribution in [2.24, 2.45) is 5.92 Å². The van der Waals surface area contributed by atoms with E-state index in [1.165, 1.54) is 36.8 Å². The van der Waals surface area contributed by atoms with Crippen molar-refractivity contribution in [3.63, 3.8) is 0 Å². The summed E-state index contributed by atoms with van der Waals surface area (Å²) >= 11 is 2.42. The molecule has 0 aliphatic rings. The molecule has 19 heavy (non-hydrogen) atoms. The van der Waals surface area contributed by atoms with E-state index in [2.05, 4.69) is 67.6 Å². The topological polar surface area (TPSA) is 9.23 Å². The van der Waals surface area contributed by atoms with Gasteiger partial charge in [-0.2, -0.15) is 0 Å². The minimum atomic E-state index is 0.247. The van der Waals surface area contributed by atoms with Gasteiger partial charge in [0.2, 0.25) is 0 Å². The molecule has 0 bridgehead atoms. The maximum absolute atomic E-state index is 6.16. The van der Waals surface area contributed by atoms with Gasteiger partial charge in [-0.25, -0.2) is 0 Å². The Morgan fingerprint density at radius 1 is 1.16 bits per heavy atom. The molecule has 0 heterocycles. The second-order valence-electron chi connectivity index (χ2n) is 5.30. The third kappa shape index (κ3) is 6.26. The molecule has 0 saturated heterocycles. The lowest BCUT2D eigenvalue weighted by atomic mass is 10.0. The van der Waals surface area contributed by atoms with Crippen molar-refractivity contribution in [2.45, 2.75) is 52.6 Å². The molecule has 0 amide bonds. The predicted molar refractivity (Wildman–Crippen MR) is 92.1 cm³/mol. The maximum Gasteiger partial charge on any atom is 0.0914 e. The molecule has 0 fully saturated rings. The highest BCUT2D eigenvalue weighted by atomic mass is 127. The van der Waals surface area contributed by atoms with E-state index in [1.54, 1.807) is 0 Å². The van der Waals surface area contributed by atoms with E-state index < -0.39 is 0 Å². The average molecular weight is 374 g/mol. The summed E-state index contributed by atoms with van der Waals surface area (Å²) in [5.41, 5.74) is 2.62. The SMILES string of the molecule is CCCCC(CC)COC(CI)c1ccc(C)cc1. The molecular weight excluding hydrogens is 347 g/mol. The Hall–Kier alpha value is -0.0900. The zero-order valence-electron chi connectivity index (χ0n) is 12.5. The first kappa shape index (κ1) is 17.0. The van der Waals surface area contributed by atoms with Gasteiger partial charge in [0.1, 0.15) is 0 Å². The summed E-state index contributed by atoms with van der Waals surface area (Å²) in [6.45, 7) is 7.56. The molecule has 1 rings (SSSR count). The van der Waals surface area contributed by atoms with Crippen LogP contribution in [0.4, 0.5) is 0 Å². The summed E-state index contributed by atoms with van der Waals surface area (Å²) in [5, 5.41) is 0. The highest BCUT2D eigenvalue weighted by Crippen LogP contribution is 2.23. The quantitative estimate of drug-likeness (QED) is 0.398. The molecule has 0 aliphatic heterocycles. The van der Waals surface area contributed by atoms with Crippen molar-refractivity contribution in [3.05, 3.63) is 35.4 Å². The Morgan fingerprint density at radius 2 is 1.84 bits per heavy atom. The van der Waals surface area contributed by atoms with E-state index in [0.717, 1.165) is 17.0 Å².